The monoisotopic (exact) mass is 302 g/mol. The molecule has 3 atom stereocenters. The Morgan fingerprint density at radius 3 is 3.18 bits per heavy atom. The van der Waals surface area contributed by atoms with Crippen LogP contribution in [0, 0.1) is 18.8 Å². The number of ether oxygens (including phenoxy) is 1. The van der Waals surface area contributed by atoms with Gasteiger partial charge in [-0.2, -0.15) is 5.10 Å². The predicted molar refractivity (Wildman–Crippen MR) is 80.1 cm³/mol. The first-order chi connectivity index (χ1) is 10.8. The van der Waals surface area contributed by atoms with Crippen molar-refractivity contribution in [1.82, 2.24) is 20.1 Å². The van der Waals surface area contributed by atoms with E-state index in [-0.39, 0.29) is 6.10 Å². The molecule has 6 heteroatoms. The first kappa shape index (κ1) is 14.0. The van der Waals surface area contributed by atoms with Crippen LogP contribution in [0.25, 0.3) is 0 Å². The average molecular weight is 302 g/mol. The van der Waals surface area contributed by atoms with Gasteiger partial charge < -0.3 is 9.15 Å². The average Bonchev–Trinajstić information content (AvgIpc) is 3.23. The van der Waals surface area contributed by atoms with E-state index in [1.165, 1.54) is 6.42 Å². The third-order valence-electron chi connectivity index (χ3n) is 4.87. The lowest BCUT2D eigenvalue weighted by atomic mass is 9.83. The van der Waals surface area contributed by atoms with Crippen LogP contribution in [0.3, 0.4) is 0 Å². The molecule has 2 aliphatic heterocycles. The summed E-state index contributed by atoms with van der Waals surface area (Å²) in [5.74, 6) is 4.05. The van der Waals surface area contributed by atoms with Gasteiger partial charge in [0.2, 0.25) is 0 Å². The minimum Gasteiger partial charge on any atom is -0.468 e. The Labute approximate surface area is 129 Å². The van der Waals surface area contributed by atoms with Crippen molar-refractivity contribution in [1.29, 1.82) is 0 Å². The third-order valence-corrected chi connectivity index (χ3v) is 4.87. The standard InChI is InChI=1S/C16H22N4O2/c1-11-17-16(19-18-11)7-15-14-4-5-20(8-12(14)10-22-15)9-13-3-2-6-21-13/h2-3,6,12,14-15H,4-5,7-10H2,1H3,(H,17,18,19)/t12-,14-,15-/m0/s1. The normalized spacial score (nSPS) is 28.9. The minimum atomic E-state index is 0.269. The second-order valence-corrected chi connectivity index (χ2v) is 6.44. The van der Waals surface area contributed by atoms with E-state index in [4.69, 9.17) is 9.15 Å². The Morgan fingerprint density at radius 1 is 1.45 bits per heavy atom. The molecule has 2 aromatic rings. The number of hydrogen-bond acceptors (Lipinski definition) is 5. The van der Waals surface area contributed by atoms with Crippen molar-refractivity contribution in [3.8, 4) is 0 Å². The number of rotatable bonds is 4. The number of nitrogens with zero attached hydrogens (tertiary/aromatic N) is 3. The molecule has 6 nitrogen and oxygen atoms in total. The highest BCUT2D eigenvalue weighted by Gasteiger charge is 2.41. The molecule has 0 bridgehead atoms. The number of furan rings is 1. The van der Waals surface area contributed by atoms with Crippen LogP contribution < -0.4 is 0 Å². The van der Waals surface area contributed by atoms with Crippen LogP contribution >= 0.6 is 0 Å². The van der Waals surface area contributed by atoms with Gasteiger partial charge >= 0.3 is 0 Å². The van der Waals surface area contributed by atoms with Gasteiger partial charge in [-0.25, -0.2) is 4.98 Å². The zero-order chi connectivity index (χ0) is 14.9. The maximum Gasteiger partial charge on any atom is 0.153 e. The quantitative estimate of drug-likeness (QED) is 0.932. The highest BCUT2D eigenvalue weighted by molar-refractivity contribution is 5.00. The van der Waals surface area contributed by atoms with E-state index in [0.717, 1.165) is 50.1 Å². The first-order valence-electron chi connectivity index (χ1n) is 8.02. The fourth-order valence-electron chi connectivity index (χ4n) is 3.80. The van der Waals surface area contributed by atoms with Crippen LogP contribution in [-0.2, 0) is 17.7 Å². The number of likely N-dealkylation sites (tertiary alicyclic amines) is 1. The summed E-state index contributed by atoms with van der Waals surface area (Å²) in [7, 11) is 0. The lowest BCUT2D eigenvalue weighted by Crippen LogP contribution is -2.41. The number of aryl methyl sites for hydroxylation is 1. The molecule has 0 amide bonds. The SMILES string of the molecule is Cc1nc(C[C@@H]2OC[C@@H]3CN(Cc4ccco4)CC[C@@H]32)n[nH]1. The van der Waals surface area contributed by atoms with Crippen molar-refractivity contribution in [3.63, 3.8) is 0 Å². The Balaban J connectivity index is 1.35. The summed E-state index contributed by atoms with van der Waals surface area (Å²) >= 11 is 0. The molecule has 0 radical (unpaired) electrons. The van der Waals surface area contributed by atoms with Crippen LogP contribution in [0.2, 0.25) is 0 Å². The molecule has 2 aliphatic rings. The summed E-state index contributed by atoms with van der Waals surface area (Å²) in [5, 5.41) is 7.15. The molecule has 22 heavy (non-hydrogen) atoms. The molecule has 1 N–H and O–H groups in total. The van der Waals surface area contributed by atoms with Crippen LogP contribution in [0.15, 0.2) is 22.8 Å². The van der Waals surface area contributed by atoms with Crippen molar-refractivity contribution in [2.24, 2.45) is 11.8 Å². The Morgan fingerprint density at radius 2 is 2.41 bits per heavy atom. The Hall–Kier alpha value is -1.66. The molecule has 0 saturated carbocycles. The van der Waals surface area contributed by atoms with Crippen molar-refractivity contribution in [2.45, 2.75) is 32.4 Å². The molecule has 0 unspecified atom stereocenters. The van der Waals surface area contributed by atoms with E-state index in [9.17, 15) is 0 Å². The van der Waals surface area contributed by atoms with Gasteiger partial charge in [0, 0.05) is 18.9 Å². The molecule has 0 spiro atoms. The summed E-state index contributed by atoms with van der Waals surface area (Å²) in [4.78, 5) is 6.88. The minimum absolute atomic E-state index is 0.269. The van der Waals surface area contributed by atoms with Gasteiger partial charge in [-0.3, -0.25) is 10.00 Å². The van der Waals surface area contributed by atoms with Crippen molar-refractivity contribution >= 4 is 0 Å². The maximum atomic E-state index is 6.05. The number of piperidine rings is 1. The summed E-state index contributed by atoms with van der Waals surface area (Å²) in [6.45, 7) is 5.89. The number of fused-ring (bicyclic) bond motifs is 1. The Kier molecular flexibility index (Phi) is 3.72. The number of H-pyrrole nitrogens is 1. The van der Waals surface area contributed by atoms with Crippen LogP contribution in [-0.4, -0.2) is 45.9 Å². The predicted octanol–water partition coefficient (Wildman–Crippen LogP) is 1.79. The van der Waals surface area contributed by atoms with Gasteiger partial charge in [-0.1, -0.05) is 0 Å². The van der Waals surface area contributed by atoms with Gasteiger partial charge in [-0.05, 0) is 37.9 Å². The molecule has 4 rings (SSSR count). The fourth-order valence-corrected chi connectivity index (χ4v) is 3.80. The molecule has 118 valence electrons. The van der Waals surface area contributed by atoms with Crippen molar-refractivity contribution in [3.05, 3.63) is 35.8 Å². The van der Waals surface area contributed by atoms with Crippen molar-refractivity contribution < 1.29 is 9.15 Å². The lowest BCUT2D eigenvalue weighted by Gasteiger charge is -2.35. The van der Waals surface area contributed by atoms with E-state index in [2.05, 4.69) is 20.1 Å². The highest BCUT2D eigenvalue weighted by atomic mass is 16.5. The van der Waals surface area contributed by atoms with Crippen molar-refractivity contribution in [2.75, 3.05) is 19.7 Å². The number of hydrogen-bond donors (Lipinski definition) is 1. The van der Waals surface area contributed by atoms with Gasteiger partial charge in [0.25, 0.3) is 0 Å². The largest absolute Gasteiger partial charge is 0.468 e. The second-order valence-electron chi connectivity index (χ2n) is 6.44. The molecular weight excluding hydrogens is 280 g/mol. The summed E-state index contributed by atoms with van der Waals surface area (Å²) in [6.07, 6.45) is 4.02. The molecule has 2 aromatic heterocycles. The van der Waals surface area contributed by atoms with Crippen LogP contribution in [0.1, 0.15) is 23.8 Å². The van der Waals surface area contributed by atoms with E-state index >= 15 is 0 Å². The van der Waals surface area contributed by atoms with E-state index < -0.39 is 0 Å². The second kappa shape index (κ2) is 5.85. The third kappa shape index (κ3) is 2.80. The van der Waals surface area contributed by atoms with E-state index in [1.54, 1.807) is 6.26 Å². The highest BCUT2D eigenvalue weighted by Crippen LogP contribution is 2.36. The van der Waals surface area contributed by atoms with Gasteiger partial charge in [-0.15, -0.1) is 0 Å². The fraction of sp³-hybridized carbons (Fsp3) is 0.625. The lowest BCUT2D eigenvalue weighted by molar-refractivity contribution is 0.0828. The number of nitrogens with one attached hydrogen (secondary N) is 1. The summed E-state index contributed by atoms with van der Waals surface area (Å²) < 4.78 is 11.5. The van der Waals surface area contributed by atoms with E-state index in [0.29, 0.717) is 11.8 Å². The van der Waals surface area contributed by atoms with Gasteiger partial charge in [0.1, 0.15) is 11.6 Å². The van der Waals surface area contributed by atoms with Crippen LogP contribution in [0.5, 0.6) is 0 Å². The number of aromatic nitrogens is 3. The van der Waals surface area contributed by atoms with E-state index in [1.807, 2.05) is 19.1 Å². The number of aromatic amines is 1. The van der Waals surface area contributed by atoms with Gasteiger partial charge in [0.15, 0.2) is 5.82 Å². The molecule has 2 fully saturated rings. The molecule has 0 aromatic carbocycles. The summed E-state index contributed by atoms with van der Waals surface area (Å²) in [5.41, 5.74) is 0. The topological polar surface area (TPSA) is 67.2 Å². The first-order valence-corrected chi connectivity index (χ1v) is 8.02. The zero-order valence-electron chi connectivity index (χ0n) is 12.9. The smallest absolute Gasteiger partial charge is 0.153 e. The van der Waals surface area contributed by atoms with Crippen LogP contribution in [0.4, 0.5) is 0 Å². The molecular formula is C16H22N4O2. The Bertz CT molecular complexity index is 609. The zero-order valence-corrected chi connectivity index (χ0v) is 12.9. The maximum absolute atomic E-state index is 6.05. The molecule has 0 aliphatic carbocycles. The molecule has 4 heterocycles. The van der Waals surface area contributed by atoms with Gasteiger partial charge in [0.05, 0.1) is 25.5 Å². The summed E-state index contributed by atoms with van der Waals surface area (Å²) in [6, 6.07) is 4.00. The molecule has 2 saturated heterocycles.